The van der Waals surface area contributed by atoms with E-state index in [0.29, 0.717) is 22.4 Å². The summed E-state index contributed by atoms with van der Waals surface area (Å²) in [5.41, 5.74) is 2.91. The van der Waals surface area contributed by atoms with Crippen LogP contribution in [0.25, 0.3) is 0 Å². The molecular formula is C18H18N4O2S. The molecule has 128 valence electrons. The Morgan fingerprint density at radius 1 is 1.08 bits per heavy atom. The minimum atomic E-state index is -0.357. The van der Waals surface area contributed by atoms with Crippen LogP contribution in [0.4, 0.5) is 15.6 Å². The number of carbonyl (C=O) groups is 1. The van der Waals surface area contributed by atoms with Gasteiger partial charge in [-0.05, 0) is 43.2 Å². The summed E-state index contributed by atoms with van der Waals surface area (Å²) < 4.78 is 5.80. The van der Waals surface area contributed by atoms with Crippen molar-refractivity contribution in [3.63, 3.8) is 0 Å². The number of hydrogen-bond acceptors (Lipinski definition) is 5. The molecule has 1 aromatic heterocycles. The molecule has 0 radical (unpaired) electrons. The number of nitrogens with zero attached hydrogens (tertiary/aromatic N) is 2. The van der Waals surface area contributed by atoms with Crippen molar-refractivity contribution < 1.29 is 9.53 Å². The lowest BCUT2D eigenvalue weighted by atomic mass is 10.1. The first-order valence-corrected chi connectivity index (χ1v) is 8.57. The molecule has 2 aromatic carbocycles. The maximum Gasteiger partial charge on any atom is 0.325 e. The first kappa shape index (κ1) is 16.9. The average molecular weight is 354 g/mol. The molecule has 0 spiro atoms. The predicted octanol–water partition coefficient (Wildman–Crippen LogP) is 4.38. The minimum absolute atomic E-state index is 0.309. The second-order valence-electron chi connectivity index (χ2n) is 5.50. The Hall–Kier alpha value is -2.93. The number of anilines is 2. The third-order valence-electron chi connectivity index (χ3n) is 3.41. The van der Waals surface area contributed by atoms with E-state index in [2.05, 4.69) is 20.8 Å². The first-order chi connectivity index (χ1) is 12.1. The lowest BCUT2D eigenvalue weighted by Crippen LogP contribution is -2.19. The van der Waals surface area contributed by atoms with Crippen molar-refractivity contribution in [3.8, 4) is 5.75 Å². The van der Waals surface area contributed by atoms with Gasteiger partial charge in [0, 0.05) is 5.69 Å². The lowest BCUT2D eigenvalue weighted by Gasteiger charge is -2.08. The first-order valence-electron chi connectivity index (χ1n) is 7.75. The minimum Gasteiger partial charge on any atom is -0.486 e. The highest BCUT2D eigenvalue weighted by Gasteiger charge is 2.09. The molecule has 0 saturated carbocycles. The number of amides is 2. The van der Waals surface area contributed by atoms with Crippen LogP contribution in [0.5, 0.6) is 5.75 Å². The molecule has 0 aliphatic rings. The van der Waals surface area contributed by atoms with E-state index < -0.39 is 0 Å². The Balaban J connectivity index is 1.55. The fraction of sp³-hybridized carbons (Fsp3) is 0.167. The monoisotopic (exact) mass is 354 g/mol. The summed E-state index contributed by atoms with van der Waals surface area (Å²) in [6.07, 6.45) is 0. The number of hydrogen-bond donors (Lipinski definition) is 2. The molecule has 0 atom stereocenters. The normalized spacial score (nSPS) is 10.3. The van der Waals surface area contributed by atoms with Gasteiger partial charge in [-0.25, -0.2) is 4.79 Å². The van der Waals surface area contributed by atoms with Crippen molar-refractivity contribution in [2.45, 2.75) is 20.5 Å². The van der Waals surface area contributed by atoms with Crippen molar-refractivity contribution in [2.75, 3.05) is 10.6 Å². The Bertz CT molecular complexity index is 865. The molecule has 0 bridgehead atoms. The zero-order chi connectivity index (χ0) is 17.6. The van der Waals surface area contributed by atoms with Crippen molar-refractivity contribution in [1.82, 2.24) is 10.2 Å². The average Bonchev–Trinajstić information content (AvgIpc) is 3.04. The molecule has 2 amide bonds. The van der Waals surface area contributed by atoms with E-state index in [-0.39, 0.29) is 6.03 Å². The maximum absolute atomic E-state index is 11.9. The summed E-state index contributed by atoms with van der Waals surface area (Å²) in [5.74, 6) is 0.825. The maximum atomic E-state index is 11.9. The third-order valence-corrected chi connectivity index (χ3v) is 4.23. The molecule has 25 heavy (non-hydrogen) atoms. The highest BCUT2D eigenvalue weighted by atomic mass is 32.1. The summed E-state index contributed by atoms with van der Waals surface area (Å²) >= 11 is 1.28. The van der Waals surface area contributed by atoms with Gasteiger partial charge in [0.05, 0.1) is 0 Å². The van der Waals surface area contributed by atoms with Crippen LogP contribution in [0.15, 0.2) is 48.5 Å². The summed E-state index contributed by atoms with van der Waals surface area (Å²) in [6, 6.07) is 14.9. The Kier molecular flexibility index (Phi) is 5.25. The second kappa shape index (κ2) is 7.76. The number of urea groups is 1. The lowest BCUT2D eigenvalue weighted by molar-refractivity contribution is 0.262. The van der Waals surface area contributed by atoms with E-state index in [4.69, 9.17) is 4.74 Å². The molecule has 0 saturated heterocycles. The van der Waals surface area contributed by atoms with Gasteiger partial charge in [-0.2, -0.15) is 0 Å². The molecule has 6 nitrogen and oxygen atoms in total. The van der Waals surface area contributed by atoms with Crippen LogP contribution in [0, 0.1) is 13.8 Å². The van der Waals surface area contributed by atoms with E-state index in [1.54, 1.807) is 0 Å². The van der Waals surface area contributed by atoms with Crippen molar-refractivity contribution in [3.05, 3.63) is 64.7 Å². The number of nitrogens with one attached hydrogen (secondary N) is 2. The van der Waals surface area contributed by atoms with E-state index in [1.807, 2.05) is 62.4 Å². The van der Waals surface area contributed by atoms with E-state index >= 15 is 0 Å². The largest absolute Gasteiger partial charge is 0.486 e. The van der Waals surface area contributed by atoms with Crippen LogP contribution in [-0.2, 0) is 6.61 Å². The zero-order valence-corrected chi connectivity index (χ0v) is 14.8. The molecule has 0 aliphatic heterocycles. The standard InChI is InChI=1S/C18H18N4O2S/c1-12-8-9-13(2)15(10-12)24-11-16-21-22-18(25-16)20-17(23)19-14-6-4-3-5-7-14/h3-10H,11H2,1-2H3,(H2,19,20,22,23). The smallest absolute Gasteiger partial charge is 0.325 e. The highest BCUT2D eigenvalue weighted by Crippen LogP contribution is 2.22. The predicted molar refractivity (Wildman–Crippen MR) is 99.2 cm³/mol. The quantitative estimate of drug-likeness (QED) is 0.713. The molecule has 0 aliphatic carbocycles. The van der Waals surface area contributed by atoms with E-state index in [9.17, 15) is 4.79 Å². The van der Waals surface area contributed by atoms with Gasteiger partial charge in [-0.1, -0.05) is 41.7 Å². The number of ether oxygens (including phenoxy) is 1. The van der Waals surface area contributed by atoms with Gasteiger partial charge in [0.15, 0.2) is 5.01 Å². The van der Waals surface area contributed by atoms with Crippen molar-refractivity contribution in [1.29, 1.82) is 0 Å². The number of aromatic nitrogens is 2. The molecule has 3 aromatic rings. The number of benzene rings is 2. The summed E-state index contributed by atoms with van der Waals surface area (Å²) in [5, 5.41) is 14.5. The molecule has 7 heteroatoms. The molecule has 1 heterocycles. The highest BCUT2D eigenvalue weighted by molar-refractivity contribution is 7.15. The molecule has 0 unspecified atom stereocenters. The Morgan fingerprint density at radius 2 is 1.88 bits per heavy atom. The SMILES string of the molecule is Cc1ccc(C)c(OCc2nnc(NC(=O)Nc3ccccc3)s2)c1. The summed E-state index contributed by atoms with van der Waals surface area (Å²) in [6.45, 7) is 4.32. The van der Waals surface area contributed by atoms with E-state index in [0.717, 1.165) is 16.9 Å². The molecule has 3 rings (SSSR count). The Labute approximate surface area is 149 Å². The number of rotatable bonds is 5. The van der Waals surface area contributed by atoms with Gasteiger partial charge in [-0.3, -0.25) is 5.32 Å². The van der Waals surface area contributed by atoms with Crippen LogP contribution >= 0.6 is 11.3 Å². The fourth-order valence-corrected chi connectivity index (χ4v) is 2.79. The fourth-order valence-electron chi connectivity index (χ4n) is 2.15. The van der Waals surface area contributed by atoms with Crippen LogP contribution in [0.2, 0.25) is 0 Å². The van der Waals surface area contributed by atoms with Gasteiger partial charge in [0.1, 0.15) is 12.4 Å². The molecule has 0 fully saturated rings. The topological polar surface area (TPSA) is 76.1 Å². The van der Waals surface area contributed by atoms with E-state index in [1.165, 1.54) is 11.3 Å². The zero-order valence-electron chi connectivity index (χ0n) is 13.9. The van der Waals surface area contributed by atoms with Gasteiger partial charge >= 0.3 is 6.03 Å². The third kappa shape index (κ3) is 4.77. The van der Waals surface area contributed by atoms with Crippen LogP contribution < -0.4 is 15.4 Å². The molecular weight excluding hydrogens is 336 g/mol. The number of aryl methyl sites for hydroxylation is 2. The second-order valence-corrected chi connectivity index (χ2v) is 6.57. The van der Waals surface area contributed by atoms with Crippen LogP contribution in [0.3, 0.4) is 0 Å². The Morgan fingerprint density at radius 3 is 2.68 bits per heavy atom. The van der Waals surface area contributed by atoms with Crippen molar-refractivity contribution >= 4 is 28.2 Å². The van der Waals surface area contributed by atoms with Crippen molar-refractivity contribution in [2.24, 2.45) is 0 Å². The molecule has 2 N–H and O–H groups in total. The number of carbonyl (C=O) groups excluding carboxylic acids is 1. The summed E-state index contributed by atoms with van der Waals surface area (Å²) in [7, 11) is 0. The van der Waals surface area contributed by atoms with Gasteiger partial charge in [0.2, 0.25) is 5.13 Å². The van der Waals surface area contributed by atoms with Crippen LogP contribution in [-0.4, -0.2) is 16.2 Å². The van der Waals surface area contributed by atoms with Crippen LogP contribution in [0.1, 0.15) is 16.1 Å². The summed E-state index contributed by atoms with van der Waals surface area (Å²) in [4.78, 5) is 11.9. The number of para-hydroxylation sites is 1. The van der Waals surface area contributed by atoms with Gasteiger partial charge in [-0.15, -0.1) is 10.2 Å². The van der Waals surface area contributed by atoms with Gasteiger partial charge < -0.3 is 10.1 Å². The van der Waals surface area contributed by atoms with Gasteiger partial charge in [0.25, 0.3) is 0 Å².